The molecule has 0 aromatic carbocycles. The number of hydrogen-bond donors (Lipinski definition) is 0. The molecule has 0 bridgehead atoms. The van der Waals surface area contributed by atoms with Crippen molar-refractivity contribution in [1.82, 2.24) is 0 Å². The molecule has 0 aliphatic heterocycles. The molecule has 3 rings (SSSR count). The van der Waals surface area contributed by atoms with Gasteiger partial charge in [-0.15, -0.1) is 0 Å². The van der Waals surface area contributed by atoms with Crippen LogP contribution in [-0.4, -0.2) is 0 Å². The highest BCUT2D eigenvalue weighted by Gasteiger charge is 2.39. The van der Waals surface area contributed by atoms with E-state index in [4.69, 9.17) is 0 Å². The van der Waals surface area contributed by atoms with Crippen LogP contribution in [0.3, 0.4) is 0 Å². The predicted molar refractivity (Wildman–Crippen MR) is 138 cm³/mol. The van der Waals surface area contributed by atoms with E-state index in [1.807, 2.05) is 0 Å². The Labute approximate surface area is 197 Å². The summed E-state index contributed by atoms with van der Waals surface area (Å²) in [7, 11) is 0. The first kappa shape index (κ1) is 25.6. The minimum atomic E-state index is 0.882. The third kappa shape index (κ3) is 6.76. The first-order valence-corrected chi connectivity index (χ1v) is 14.8. The highest BCUT2D eigenvalue weighted by atomic mass is 14.4. The van der Waals surface area contributed by atoms with Crippen LogP contribution in [0.15, 0.2) is 0 Å². The summed E-state index contributed by atoms with van der Waals surface area (Å²) in [5, 5.41) is 0. The van der Waals surface area contributed by atoms with Gasteiger partial charge in [0.25, 0.3) is 0 Å². The fraction of sp³-hybridized carbons (Fsp3) is 1.00. The van der Waals surface area contributed by atoms with Crippen molar-refractivity contribution in [2.75, 3.05) is 0 Å². The molecule has 0 heteroatoms. The largest absolute Gasteiger partial charge is 0.0651 e. The van der Waals surface area contributed by atoms with Crippen molar-refractivity contribution in [2.45, 2.75) is 132 Å². The lowest BCUT2D eigenvalue weighted by Crippen LogP contribution is -2.35. The summed E-state index contributed by atoms with van der Waals surface area (Å²) in [4.78, 5) is 0. The lowest BCUT2D eigenvalue weighted by molar-refractivity contribution is 0.0513. The van der Waals surface area contributed by atoms with E-state index in [-0.39, 0.29) is 0 Å². The fourth-order valence-electron chi connectivity index (χ4n) is 8.41. The second kappa shape index (κ2) is 11.9. The van der Waals surface area contributed by atoms with Gasteiger partial charge in [-0.2, -0.15) is 0 Å². The van der Waals surface area contributed by atoms with Crippen molar-refractivity contribution < 1.29 is 0 Å². The Kier molecular flexibility index (Phi) is 9.85. The summed E-state index contributed by atoms with van der Waals surface area (Å²) < 4.78 is 0. The van der Waals surface area contributed by atoms with Gasteiger partial charge in [-0.3, -0.25) is 0 Å². The van der Waals surface area contributed by atoms with Gasteiger partial charge in [0.15, 0.2) is 0 Å². The van der Waals surface area contributed by atoms with Gasteiger partial charge in [-0.1, -0.05) is 74.1 Å². The number of rotatable bonds is 8. The minimum absolute atomic E-state index is 0.882. The third-order valence-electron chi connectivity index (χ3n) is 11.4. The summed E-state index contributed by atoms with van der Waals surface area (Å²) in [5.41, 5.74) is 0. The van der Waals surface area contributed by atoms with Gasteiger partial charge in [-0.25, -0.2) is 0 Å². The van der Waals surface area contributed by atoms with Crippen molar-refractivity contribution in [3.05, 3.63) is 0 Å². The first-order chi connectivity index (χ1) is 14.8. The van der Waals surface area contributed by atoms with Crippen molar-refractivity contribution in [2.24, 2.45) is 65.1 Å². The van der Waals surface area contributed by atoms with E-state index in [1.165, 1.54) is 32.1 Å². The Hall–Kier alpha value is 0. The van der Waals surface area contributed by atoms with Crippen molar-refractivity contribution >= 4 is 0 Å². The van der Waals surface area contributed by atoms with Gasteiger partial charge >= 0.3 is 0 Å². The van der Waals surface area contributed by atoms with E-state index in [0.29, 0.717) is 0 Å². The first-order valence-electron chi connectivity index (χ1n) is 14.8. The SMILES string of the molecule is CCC(C)C(C)C(C)CCC1C(C)CC(C2CCC(C3CCC(C)CC3)CC2)CC1C. The summed E-state index contributed by atoms with van der Waals surface area (Å²) >= 11 is 0. The van der Waals surface area contributed by atoms with Gasteiger partial charge < -0.3 is 0 Å². The van der Waals surface area contributed by atoms with E-state index in [9.17, 15) is 0 Å². The minimum Gasteiger partial charge on any atom is -0.0651 e. The van der Waals surface area contributed by atoms with Crippen LogP contribution in [0.25, 0.3) is 0 Å². The molecule has 0 aromatic heterocycles. The summed E-state index contributed by atoms with van der Waals surface area (Å²) in [5.74, 6) is 10.9. The molecule has 0 N–H and O–H groups in total. The average molecular weight is 431 g/mol. The molecule has 0 heterocycles. The van der Waals surface area contributed by atoms with Crippen LogP contribution in [0.5, 0.6) is 0 Å². The maximum absolute atomic E-state index is 2.62. The molecule has 0 amide bonds. The van der Waals surface area contributed by atoms with Crippen molar-refractivity contribution in [3.8, 4) is 0 Å². The molecule has 5 unspecified atom stereocenters. The molecule has 182 valence electrons. The zero-order chi connectivity index (χ0) is 22.5. The van der Waals surface area contributed by atoms with Crippen LogP contribution in [0.2, 0.25) is 0 Å². The van der Waals surface area contributed by atoms with Crippen LogP contribution in [0, 0.1) is 65.1 Å². The topological polar surface area (TPSA) is 0 Å². The molecule has 3 saturated carbocycles. The molecule has 5 atom stereocenters. The van der Waals surface area contributed by atoms with Crippen LogP contribution in [0.1, 0.15) is 132 Å². The number of hydrogen-bond acceptors (Lipinski definition) is 0. The average Bonchev–Trinajstić information content (AvgIpc) is 2.77. The normalized spacial score (nSPS) is 42.7. The zero-order valence-corrected chi connectivity index (χ0v) is 22.5. The summed E-state index contributed by atoms with van der Waals surface area (Å²) in [6.07, 6.45) is 19.8. The second-order valence-electron chi connectivity index (χ2n) is 13.3. The summed E-state index contributed by atoms with van der Waals surface area (Å²) in [6, 6.07) is 0. The molecule has 0 saturated heterocycles. The molecule has 0 nitrogen and oxygen atoms in total. The zero-order valence-electron chi connectivity index (χ0n) is 22.5. The molecular weight excluding hydrogens is 372 g/mol. The molecule has 0 spiro atoms. The van der Waals surface area contributed by atoms with Crippen LogP contribution in [-0.2, 0) is 0 Å². The van der Waals surface area contributed by atoms with Crippen LogP contribution >= 0.6 is 0 Å². The molecule has 3 aliphatic carbocycles. The lowest BCUT2D eigenvalue weighted by atomic mass is 9.60. The fourth-order valence-corrected chi connectivity index (χ4v) is 8.41. The Balaban J connectivity index is 1.42. The Morgan fingerprint density at radius 3 is 1.55 bits per heavy atom. The molecule has 0 radical (unpaired) electrons. The van der Waals surface area contributed by atoms with E-state index < -0.39 is 0 Å². The van der Waals surface area contributed by atoms with Gasteiger partial charge in [0.1, 0.15) is 0 Å². The highest BCUT2D eigenvalue weighted by Crippen LogP contribution is 2.49. The van der Waals surface area contributed by atoms with Crippen molar-refractivity contribution in [1.29, 1.82) is 0 Å². The Bertz CT molecular complexity index is 480. The molecule has 0 aromatic rings. The Morgan fingerprint density at radius 1 is 0.613 bits per heavy atom. The Morgan fingerprint density at radius 2 is 1.06 bits per heavy atom. The lowest BCUT2D eigenvalue weighted by Gasteiger charge is -2.45. The highest BCUT2D eigenvalue weighted by molar-refractivity contribution is 4.89. The quantitative estimate of drug-likeness (QED) is 0.359. The maximum Gasteiger partial charge on any atom is -0.0362 e. The third-order valence-corrected chi connectivity index (χ3v) is 11.4. The molecule has 3 fully saturated rings. The molecule has 3 aliphatic rings. The second-order valence-corrected chi connectivity index (χ2v) is 13.3. The van der Waals surface area contributed by atoms with Crippen molar-refractivity contribution in [3.63, 3.8) is 0 Å². The monoisotopic (exact) mass is 430 g/mol. The van der Waals surface area contributed by atoms with Gasteiger partial charge in [0.2, 0.25) is 0 Å². The maximum atomic E-state index is 2.62. The van der Waals surface area contributed by atoms with E-state index in [0.717, 1.165) is 65.1 Å². The van der Waals surface area contributed by atoms with Gasteiger partial charge in [-0.05, 0) is 123 Å². The summed E-state index contributed by atoms with van der Waals surface area (Å²) in [6.45, 7) is 17.6. The van der Waals surface area contributed by atoms with Gasteiger partial charge in [0.05, 0.1) is 0 Å². The van der Waals surface area contributed by atoms with Gasteiger partial charge in [0, 0.05) is 0 Å². The standard InChI is InChI=1S/C31H58/c1-8-22(3)26(7)23(4)11-18-31-24(5)19-30(20-25(31)6)29-16-14-28(15-17-29)27-12-9-21(2)10-13-27/h21-31H,8-20H2,1-7H3. The smallest absolute Gasteiger partial charge is 0.0362 e. The van der Waals surface area contributed by atoms with Crippen LogP contribution < -0.4 is 0 Å². The molecular formula is C31H58. The van der Waals surface area contributed by atoms with E-state index in [1.54, 1.807) is 51.4 Å². The van der Waals surface area contributed by atoms with E-state index in [2.05, 4.69) is 48.5 Å². The molecule has 31 heavy (non-hydrogen) atoms. The van der Waals surface area contributed by atoms with E-state index >= 15 is 0 Å². The predicted octanol–water partition coefficient (Wildman–Crippen LogP) is 10.0. The van der Waals surface area contributed by atoms with Crippen LogP contribution in [0.4, 0.5) is 0 Å².